The van der Waals surface area contributed by atoms with Gasteiger partial charge >= 0.3 is 118 Å². The fraction of sp³-hybridized carbons (Fsp3) is 0.136. The molecule has 0 aliphatic carbocycles. The summed E-state index contributed by atoms with van der Waals surface area (Å²) in [5.41, 5.74) is 2.06. The number of rotatable bonds is 15. The largest absolute Gasteiger partial charge is 1.00 e. The van der Waals surface area contributed by atoms with Crippen LogP contribution in [0, 0.1) is 10.8 Å². The predicted molar refractivity (Wildman–Crippen MR) is 240 cm³/mol. The second-order valence-corrected chi connectivity index (χ2v) is 17.7. The molecule has 0 spiro atoms. The van der Waals surface area contributed by atoms with Crippen molar-refractivity contribution in [2.24, 2.45) is 30.7 Å². The van der Waals surface area contributed by atoms with Crippen molar-refractivity contribution in [3.8, 4) is 22.6 Å². The molecule has 2 aliphatic heterocycles. The molecule has 0 saturated carbocycles. The van der Waals surface area contributed by atoms with Crippen LogP contribution in [-0.2, 0) is 29.8 Å². The normalized spacial score (nSPS) is 15.7. The van der Waals surface area contributed by atoms with Gasteiger partial charge in [0.05, 0.1) is 44.5 Å². The standard InChI is InChI=1S/C44H36N10O12S2.4Na/c1-23-41(43(45)53(51-23)29-13-9-25-5-3-7-37(31(25)19-29)67(59,60)61)49-47-33-15-11-27(17-35(33)65-21-39(55)56)28-12-16-34(36(18-28)66-22-40(57)58)48-50-42-24(2)52-54(44(42)46)30-14-10-26-6-4-8-38(32(26)20-30)68(62,63)64;;;;/h3-20,41-42,45-46H,21-22H2,1-2H3,(H,55,56)(H,57,58)(H,59,60,61)(H,62,63,64);;;;/q;4*+1/p-4. The van der Waals surface area contributed by atoms with Crippen LogP contribution in [0.25, 0.3) is 32.7 Å². The van der Waals surface area contributed by atoms with Crippen molar-refractivity contribution in [2.45, 2.75) is 35.7 Å². The number of carboxylic acid groups (broad SMARTS) is 2. The number of anilines is 2. The molecule has 6 aromatic carbocycles. The first kappa shape index (κ1) is 60.2. The van der Waals surface area contributed by atoms with Crippen molar-refractivity contribution in [1.82, 2.24) is 0 Å². The van der Waals surface area contributed by atoms with Gasteiger partial charge in [-0.2, -0.15) is 30.7 Å². The number of fused-ring (bicyclic) bond motifs is 2. The Bertz CT molecular complexity index is 3280. The molecular weight excluding hydrogens is 1020 g/mol. The number of benzene rings is 6. The Morgan fingerprint density at radius 1 is 0.583 bits per heavy atom. The topological polar surface area (TPSA) is 341 Å². The van der Waals surface area contributed by atoms with Crippen LogP contribution >= 0.6 is 0 Å². The summed E-state index contributed by atoms with van der Waals surface area (Å²) in [6.45, 7) is 1.40. The van der Waals surface area contributed by atoms with Gasteiger partial charge in [0.25, 0.3) is 0 Å². The number of ether oxygens (including phenoxy) is 2. The monoisotopic (exact) mass is 1050 g/mol. The van der Waals surface area contributed by atoms with Gasteiger partial charge in [-0.05, 0) is 96.4 Å². The first-order valence-corrected chi connectivity index (χ1v) is 22.7. The number of amidine groups is 2. The van der Waals surface area contributed by atoms with Gasteiger partial charge in [0.1, 0.15) is 56.3 Å². The molecule has 2 heterocycles. The summed E-state index contributed by atoms with van der Waals surface area (Å²) < 4.78 is 82.8. The van der Waals surface area contributed by atoms with Gasteiger partial charge in [-0.25, -0.2) is 26.9 Å². The van der Waals surface area contributed by atoms with E-state index in [0.29, 0.717) is 33.3 Å². The van der Waals surface area contributed by atoms with Gasteiger partial charge in [0, 0.05) is 10.8 Å². The second-order valence-electron chi connectivity index (χ2n) is 15.0. The van der Waals surface area contributed by atoms with Gasteiger partial charge in [0.2, 0.25) is 0 Å². The van der Waals surface area contributed by atoms with E-state index in [1.807, 2.05) is 0 Å². The number of aliphatic carboxylic acids is 2. The molecule has 0 bridgehead atoms. The zero-order valence-electron chi connectivity index (χ0n) is 39.3. The summed E-state index contributed by atoms with van der Waals surface area (Å²) in [4.78, 5) is 22.1. The number of carbonyl (C=O) groups is 2. The van der Waals surface area contributed by atoms with Crippen LogP contribution in [0.4, 0.5) is 22.7 Å². The molecule has 6 aromatic rings. The summed E-state index contributed by atoms with van der Waals surface area (Å²) in [5.74, 6) is -3.61. The predicted octanol–water partition coefficient (Wildman–Crippen LogP) is -7.61. The van der Waals surface area contributed by atoms with E-state index in [2.05, 4.69) is 30.7 Å². The zero-order valence-corrected chi connectivity index (χ0v) is 48.9. The fourth-order valence-corrected chi connectivity index (χ4v) is 8.67. The summed E-state index contributed by atoms with van der Waals surface area (Å²) in [6, 6.07) is 24.5. The quantitative estimate of drug-likeness (QED) is 0.0549. The number of nitrogens with zero attached hydrogens (tertiary/aromatic N) is 8. The van der Waals surface area contributed by atoms with Crippen molar-refractivity contribution in [3.05, 3.63) is 109 Å². The van der Waals surface area contributed by atoms with Crippen LogP contribution in [0.3, 0.4) is 0 Å². The van der Waals surface area contributed by atoms with E-state index in [1.165, 1.54) is 70.7 Å². The molecule has 2 atom stereocenters. The number of azo groups is 2. The SMILES string of the molecule is CC1=NN(c2ccc3cccc(S(=O)(=O)[O-])c3c2)C(=N)C1N=Nc1ccc(-c2ccc(N=NC3C(=N)N(c4ccc5cccc(S(=O)(=O)[O-])c5c4)N=C3C)c(OCC(=O)[O-])c2)cc1OCC(=O)[O-].[Na+].[Na+].[Na+].[Na+]. The van der Waals surface area contributed by atoms with Crippen molar-refractivity contribution in [2.75, 3.05) is 23.2 Å². The van der Waals surface area contributed by atoms with E-state index in [4.69, 9.17) is 20.3 Å². The minimum atomic E-state index is -4.83. The van der Waals surface area contributed by atoms with Crippen LogP contribution in [0.15, 0.2) is 150 Å². The first-order chi connectivity index (χ1) is 32.3. The van der Waals surface area contributed by atoms with E-state index in [1.54, 1.807) is 62.4 Å². The smallest absolute Gasteiger partial charge is 0.744 e. The van der Waals surface area contributed by atoms with Crippen LogP contribution in [0.1, 0.15) is 13.8 Å². The second kappa shape index (κ2) is 24.8. The third kappa shape index (κ3) is 13.3. The number of hydrogen-bond donors (Lipinski definition) is 2. The molecule has 28 heteroatoms. The van der Waals surface area contributed by atoms with Crippen molar-refractivity contribution < 1.29 is 173 Å². The molecule has 0 amide bonds. The van der Waals surface area contributed by atoms with Crippen molar-refractivity contribution in [3.63, 3.8) is 0 Å². The molecule has 346 valence electrons. The average Bonchev–Trinajstić information content (AvgIpc) is 3.75. The number of carboxylic acids is 2. The van der Waals surface area contributed by atoms with E-state index in [0.717, 1.165) is 0 Å². The molecule has 72 heavy (non-hydrogen) atoms. The molecule has 0 radical (unpaired) electrons. The van der Waals surface area contributed by atoms with Crippen LogP contribution < -0.4 is 148 Å². The maximum atomic E-state index is 12.0. The molecule has 2 unspecified atom stereocenters. The first-order valence-electron chi connectivity index (χ1n) is 19.9. The van der Waals surface area contributed by atoms with E-state index in [-0.39, 0.29) is 175 Å². The average molecular weight is 1050 g/mol. The maximum absolute atomic E-state index is 12.0. The number of carbonyl (C=O) groups excluding carboxylic acids is 2. The van der Waals surface area contributed by atoms with Crippen LogP contribution in [0.2, 0.25) is 0 Å². The third-order valence-electron chi connectivity index (χ3n) is 10.5. The van der Waals surface area contributed by atoms with E-state index < -0.39 is 67.3 Å². The number of nitrogens with one attached hydrogen (secondary N) is 2. The third-order valence-corrected chi connectivity index (χ3v) is 12.3. The Hall–Kier alpha value is -4.32. The Balaban J connectivity index is 0.00000281. The molecule has 8 rings (SSSR count). The molecule has 2 N–H and O–H groups in total. The number of hydrazone groups is 2. The van der Waals surface area contributed by atoms with Crippen LogP contribution in [-0.4, -0.2) is 86.3 Å². The van der Waals surface area contributed by atoms with Crippen LogP contribution in [0.5, 0.6) is 11.5 Å². The van der Waals surface area contributed by atoms with Gasteiger partial charge < -0.3 is 38.4 Å². The Morgan fingerprint density at radius 3 is 1.31 bits per heavy atom. The minimum absolute atomic E-state index is 0. The summed E-state index contributed by atoms with van der Waals surface area (Å²) in [5, 5.41) is 70.2. The summed E-state index contributed by atoms with van der Waals surface area (Å²) in [7, 11) is -9.65. The van der Waals surface area contributed by atoms with E-state index >= 15 is 0 Å². The molecule has 0 fully saturated rings. The molecule has 2 aliphatic rings. The van der Waals surface area contributed by atoms with Gasteiger partial charge in [-0.1, -0.05) is 48.5 Å². The molecule has 0 aromatic heterocycles. The summed E-state index contributed by atoms with van der Waals surface area (Å²) in [6.07, 6.45) is 0. The van der Waals surface area contributed by atoms with E-state index in [9.17, 15) is 45.7 Å². The molecule has 0 saturated heterocycles. The zero-order chi connectivity index (χ0) is 48.7. The van der Waals surface area contributed by atoms with Gasteiger partial charge in [-0.15, -0.1) is 0 Å². The fourth-order valence-electron chi connectivity index (χ4n) is 7.29. The minimum Gasteiger partial charge on any atom is -0.744 e. The number of hydrogen-bond acceptors (Lipinski definition) is 20. The summed E-state index contributed by atoms with van der Waals surface area (Å²) >= 11 is 0. The Kier molecular flexibility index (Phi) is 20.8. The van der Waals surface area contributed by atoms with Gasteiger partial charge in [-0.3, -0.25) is 10.8 Å². The Morgan fingerprint density at radius 2 is 0.958 bits per heavy atom. The molecular formula is C44H32N10Na4O12S2. The van der Waals surface area contributed by atoms with Crippen molar-refractivity contribution in [1.29, 1.82) is 10.8 Å². The Labute approximate surface area is 499 Å². The van der Waals surface area contributed by atoms with Crippen molar-refractivity contribution >= 4 is 99.6 Å². The molecule has 22 nitrogen and oxygen atoms in total. The maximum Gasteiger partial charge on any atom is 1.00 e. The van der Waals surface area contributed by atoms with Gasteiger partial charge in [0.15, 0.2) is 23.8 Å².